The Balaban J connectivity index is 2.38. The van der Waals surface area contributed by atoms with E-state index in [1.807, 2.05) is 14.0 Å². The zero-order valence-electron chi connectivity index (χ0n) is 12.7. The van der Waals surface area contributed by atoms with Gasteiger partial charge >= 0.3 is 0 Å². The first-order valence-electron chi connectivity index (χ1n) is 7.73. The van der Waals surface area contributed by atoms with Crippen LogP contribution >= 0.6 is 0 Å². The van der Waals surface area contributed by atoms with Crippen LogP contribution in [0.3, 0.4) is 0 Å². The first kappa shape index (κ1) is 16.0. The maximum absolute atomic E-state index is 12.4. The monoisotopic (exact) mass is 264 g/mol. The Labute approximate surface area is 118 Å². The van der Waals surface area contributed by atoms with E-state index < -0.39 is 0 Å². The Bertz CT molecular complexity index is 313. The fraction of sp³-hybridized carbons (Fsp3) is 0.875. The molecule has 1 fully saturated rings. The highest BCUT2D eigenvalue weighted by Crippen LogP contribution is 2.33. The maximum Gasteiger partial charge on any atom is 0.225 e. The minimum Gasteiger partial charge on any atom is -0.342 e. The minimum absolute atomic E-state index is 0.0373. The van der Waals surface area contributed by atoms with Crippen molar-refractivity contribution in [1.82, 2.24) is 4.90 Å². The molecular formula is C16H28N2O. The third-order valence-electron chi connectivity index (χ3n) is 4.56. The molecule has 0 heterocycles. The maximum atomic E-state index is 12.4. The zero-order valence-corrected chi connectivity index (χ0v) is 12.7. The van der Waals surface area contributed by atoms with Crippen molar-refractivity contribution in [2.45, 2.75) is 71.3 Å². The molecule has 3 heteroatoms. The molecule has 0 aromatic carbocycles. The Hall–Kier alpha value is -1.04. The molecule has 3 nitrogen and oxygen atoms in total. The number of unbranched alkanes of at least 4 members (excludes halogenated alkanes) is 1. The highest BCUT2D eigenvalue weighted by molar-refractivity contribution is 5.79. The summed E-state index contributed by atoms with van der Waals surface area (Å²) in [6.45, 7) is 4.19. The average molecular weight is 264 g/mol. The minimum atomic E-state index is 0.0373. The molecule has 1 amide bonds. The predicted molar refractivity (Wildman–Crippen MR) is 77.4 cm³/mol. The zero-order chi connectivity index (χ0) is 14.3. The number of amides is 1. The molecule has 1 aliphatic rings. The normalized spacial score (nSPS) is 24.5. The van der Waals surface area contributed by atoms with Gasteiger partial charge in [0, 0.05) is 19.0 Å². The van der Waals surface area contributed by atoms with Crippen molar-refractivity contribution in [2.75, 3.05) is 7.05 Å². The number of carbonyl (C=O) groups is 1. The summed E-state index contributed by atoms with van der Waals surface area (Å²) in [7, 11) is 1.84. The number of carbonyl (C=O) groups excluding carboxylic acids is 1. The molecule has 1 rings (SSSR count). The largest absolute Gasteiger partial charge is 0.342 e. The van der Waals surface area contributed by atoms with E-state index in [0.717, 1.165) is 18.8 Å². The van der Waals surface area contributed by atoms with Crippen molar-refractivity contribution in [3.05, 3.63) is 0 Å². The van der Waals surface area contributed by atoms with Crippen LogP contribution in [-0.2, 0) is 4.79 Å². The molecule has 0 saturated heterocycles. The molecule has 1 unspecified atom stereocenters. The highest BCUT2D eigenvalue weighted by Gasteiger charge is 2.29. The van der Waals surface area contributed by atoms with E-state index in [1.54, 1.807) is 4.90 Å². The van der Waals surface area contributed by atoms with Gasteiger partial charge in [-0.25, -0.2) is 0 Å². The summed E-state index contributed by atoms with van der Waals surface area (Å²) < 4.78 is 0. The topological polar surface area (TPSA) is 44.1 Å². The van der Waals surface area contributed by atoms with Crippen LogP contribution in [0.15, 0.2) is 0 Å². The SMILES string of the molecule is CCCCC1CCC(C(=O)N(C)C(C)CC#N)CC1. The molecule has 0 N–H and O–H groups in total. The Morgan fingerprint density at radius 1 is 1.37 bits per heavy atom. The summed E-state index contributed by atoms with van der Waals surface area (Å²) in [6.07, 6.45) is 8.84. The quantitative estimate of drug-likeness (QED) is 0.733. The smallest absolute Gasteiger partial charge is 0.225 e. The van der Waals surface area contributed by atoms with Gasteiger partial charge in [0.05, 0.1) is 12.5 Å². The van der Waals surface area contributed by atoms with Gasteiger partial charge < -0.3 is 4.90 Å². The van der Waals surface area contributed by atoms with E-state index in [9.17, 15) is 4.79 Å². The fourth-order valence-electron chi connectivity index (χ4n) is 2.97. The van der Waals surface area contributed by atoms with Crippen LogP contribution in [0.25, 0.3) is 0 Å². The van der Waals surface area contributed by atoms with E-state index in [4.69, 9.17) is 5.26 Å². The lowest BCUT2D eigenvalue weighted by Gasteiger charge is -2.32. The summed E-state index contributed by atoms with van der Waals surface area (Å²) >= 11 is 0. The first-order chi connectivity index (χ1) is 9.10. The molecule has 0 aromatic rings. The Morgan fingerprint density at radius 3 is 2.53 bits per heavy atom. The molecule has 1 saturated carbocycles. The van der Waals surface area contributed by atoms with Gasteiger partial charge in [0.1, 0.15) is 0 Å². The first-order valence-corrected chi connectivity index (χ1v) is 7.73. The van der Waals surface area contributed by atoms with Gasteiger partial charge in [-0.2, -0.15) is 5.26 Å². The fourth-order valence-corrected chi connectivity index (χ4v) is 2.97. The van der Waals surface area contributed by atoms with Gasteiger partial charge in [-0.3, -0.25) is 4.79 Å². The molecule has 0 spiro atoms. The van der Waals surface area contributed by atoms with Crippen LogP contribution < -0.4 is 0 Å². The van der Waals surface area contributed by atoms with Crippen LogP contribution in [0.5, 0.6) is 0 Å². The van der Waals surface area contributed by atoms with Gasteiger partial charge in [0.15, 0.2) is 0 Å². The third-order valence-corrected chi connectivity index (χ3v) is 4.56. The summed E-state index contributed by atoms with van der Waals surface area (Å²) in [5.41, 5.74) is 0. The lowest BCUT2D eigenvalue weighted by atomic mass is 9.79. The van der Waals surface area contributed by atoms with Gasteiger partial charge in [0.25, 0.3) is 0 Å². The summed E-state index contributed by atoms with van der Waals surface area (Å²) in [5, 5.41) is 8.71. The molecule has 0 bridgehead atoms. The number of hydrogen-bond acceptors (Lipinski definition) is 2. The van der Waals surface area contributed by atoms with Crippen molar-refractivity contribution in [1.29, 1.82) is 5.26 Å². The van der Waals surface area contributed by atoms with Crippen LogP contribution in [0.1, 0.15) is 65.2 Å². The standard InChI is InChI=1S/C16H28N2O/c1-4-5-6-14-7-9-15(10-8-14)16(19)18(3)13(2)11-12-17/h13-15H,4-11H2,1-3H3. The van der Waals surface area contributed by atoms with Gasteiger partial charge in [-0.1, -0.05) is 26.2 Å². The lowest BCUT2D eigenvalue weighted by Crippen LogP contribution is -2.40. The highest BCUT2D eigenvalue weighted by atomic mass is 16.2. The van der Waals surface area contributed by atoms with E-state index in [1.165, 1.54) is 32.1 Å². The third kappa shape index (κ3) is 4.86. The number of rotatable bonds is 6. The van der Waals surface area contributed by atoms with E-state index in [0.29, 0.717) is 6.42 Å². The van der Waals surface area contributed by atoms with Gasteiger partial charge in [-0.05, 0) is 38.5 Å². The van der Waals surface area contributed by atoms with E-state index >= 15 is 0 Å². The van der Waals surface area contributed by atoms with Gasteiger partial charge in [-0.15, -0.1) is 0 Å². The predicted octanol–water partition coefficient (Wildman–Crippen LogP) is 3.74. The molecule has 108 valence electrons. The second-order valence-electron chi connectivity index (χ2n) is 6.02. The molecule has 0 aromatic heterocycles. The molecule has 0 aliphatic heterocycles. The molecule has 1 aliphatic carbocycles. The number of nitrogens with zero attached hydrogens (tertiary/aromatic N) is 2. The molecule has 0 radical (unpaired) electrons. The van der Waals surface area contributed by atoms with Crippen LogP contribution in [0.2, 0.25) is 0 Å². The lowest BCUT2D eigenvalue weighted by molar-refractivity contribution is -0.137. The van der Waals surface area contributed by atoms with Crippen molar-refractivity contribution in [3.8, 4) is 6.07 Å². The number of hydrogen-bond donors (Lipinski definition) is 0. The number of nitriles is 1. The van der Waals surface area contributed by atoms with Crippen LogP contribution in [0.4, 0.5) is 0 Å². The second-order valence-corrected chi connectivity index (χ2v) is 6.02. The Morgan fingerprint density at radius 2 is 2.00 bits per heavy atom. The van der Waals surface area contributed by atoms with Crippen LogP contribution in [0, 0.1) is 23.2 Å². The van der Waals surface area contributed by atoms with E-state index in [2.05, 4.69) is 13.0 Å². The van der Waals surface area contributed by atoms with Gasteiger partial charge in [0.2, 0.25) is 5.91 Å². The van der Waals surface area contributed by atoms with Crippen molar-refractivity contribution < 1.29 is 4.79 Å². The average Bonchev–Trinajstić information content (AvgIpc) is 2.44. The van der Waals surface area contributed by atoms with Crippen molar-refractivity contribution >= 4 is 5.91 Å². The van der Waals surface area contributed by atoms with Crippen LogP contribution in [-0.4, -0.2) is 23.9 Å². The summed E-state index contributed by atoms with van der Waals surface area (Å²) in [6, 6.07) is 2.18. The van der Waals surface area contributed by atoms with Crippen molar-refractivity contribution in [2.24, 2.45) is 11.8 Å². The summed E-state index contributed by atoms with van der Waals surface area (Å²) in [5.74, 6) is 1.28. The molecular weight excluding hydrogens is 236 g/mol. The molecule has 1 atom stereocenters. The molecule has 19 heavy (non-hydrogen) atoms. The second kappa shape index (κ2) is 8.19. The summed E-state index contributed by atoms with van der Waals surface area (Å²) in [4.78, 5) is 14.1. The van der Waals surface area contributed by atoms with Crippen molar-refractivity contribution in [3.63, 3.8) is 0 Å². The Kier molecular flexibility index (Phi) is 6.91. The van der Waals surface area contributed by atoms with E-state index in [-0.39, 0.29) is 17.9 Å².